The zero-order valence-electron chi connectivity index (χ0n) is 14.7. The molecular formula is C19H32N2. The maximum Gasteiger partial charge on any atom is 0.0307 e. The van der Waals surface area contributed by atoms with E-state index in [0.29, 0.717) is 6.04 Å². The highest BCUT2D eigenvalue weighted by Crippen LogP contribution is 2.28. The van der Waals surface area contributed by atoms with Crippen molar-refractivity contribution in [3.63, 3.8) is 0 Å². The van der Waals surface area contributed by atoms with E-state index in [1.807, 2.05) is 0 Å². The molecule has 0 saturated carbocycles. The van der Waals surface area contributed by atoms with Gasteiger partial charge in [-0.15, -0.1) is 0 Å². The van der Waals surface area contributed by atoms with Crippen molar-refractivity contribution in [3.8, 4) is 0 Å². The fourth-order valence-electron chi connectivity index (χ4n) is 3.55. The summed E-state index contributed by atoms with van der Waals surface area (Å²) in [6, 6.07) is 5.28. The van der Waals surface area contributed by atoms with Crippen LogP contribution in [0.1, 0.15) is 55.9 Å². The fourth-order valence-corrected chi connectivity index (χ4v) is 3.55. The van der Waals surface area contributed by atoms with E-state index in [2.05, 4.69) is 63.9 Å². The molecule has 0 amide bonds. The summed E-state index contributed by atoms with van der Waals surface area (Å²) in [6.45, 7) is 17.1. The molecule has 21 heavy (non-hydrogen) atoms. The third-order valence-corrected chi connectivity index (χ3v) is 5.42. The minimum absolute atomic E-state index is 0.273. The van der Waals surface area contributed by atoms with Gasteiger partial charge in [0, 0.05) is 31.2 Å². The zero-order valence-corrected chi connectivity index (χ0v) is 14.7. The first kappa shape index (κ1) is 16.5. The quantitative estimate of drug-likeness (QED) is 0.902. The molecule has 1 aromatic rings. The Morgan fingerprint density at radius 1 is 1.19 bits per heavy atom. The molecule has 2 unspecified atom stereocenters. The minimum Gasteiger partial charge on any atom is -0.311 e. The predicted molar refractivity (Wildman–Crippen MR) is 91.8 cm³/mol. The Labute approximate surface area is 130 Å². The summed E-state index contributed by atoms with van der Waals surface area (Å²) in [4.78, 5) is 2.71. The van der Waals surface area contributed by atoms with Crippen molar-refractivity contribution in [1.82, 2.24) is 10.2 Å². The molecule has 1 saturated heterocycles. The third-order valence-electron chi connectivity index (χ3n) is 5.42. The number of hydrogen-bond acceptors (Lipinski definition) is 2. The van der Waals surface area contributed by atoms with E-state index in [1.165, 1.54) is 35.1 Å². The van der Waals surface area contributed by atoms with Crippen molar-refractivity contribution in [2.45, 2.75) is 72.5 Å². The van der Waals surface area contributed by atoms with Crippen LogP contribution in [0.25, 0.3) is 0 Å². The van der Waals surface area contributed by atoms with Gasteiger partial charge in [0.2, 0.25) is 0 Å². The molecule has 0 spiro atoms. The van der Waals surface area contributed by atoms with Gasteiger partial charge in [-0.2, -0.15) is 0 Å². The van der Waals surface area contributed by atoms with Crippen LogP contribution in [0.5, 0.6) is 0 Å². The van der Waals surface area contributed by atoms with Gasteiger partial charge in [-0.05, 0) is 57.2 Å². The second kappa shape index (κ2) is 6.50. The van der Waals surface area contributed by atoms with Gasteiger partial charge < -0.3 is 5.32 Å². The van der Waals surface area contributed by atoms with Crippen LogP contribution in [-0.2, 0) is 6.54 Å². The monoisotopic (exact) mass is 288 g/mol. The lowest BCUT2D eigenvalue weighted by atomic mass is 9.89. The van der Waals surface area contributed by atoms with Crippen LogP contribution in [0.2, 0.25) is 0 Å². The molecule has 1 N–H and O–H groups in total. The Morgan fingerprint density at radius 3 is 2.33 bits per heavy atom. The number of hydrogen-bond donors (Lipinski definition) is 1. The first-order chi connectivity index (χ1) is 9.89. The summed E-state index contributed by atoms with van der Waals surface area (Å²) < 4.78 is 0. The first-order valence-electron chi connectivity index (χ1n) is 8.44. The number of nitrogens with one attached hydrogen (secondary N) is 1. The van der Waals surface area contributed by atoms with Crippen molar-refractivity contribution in [3.05, 3.63) is 34.4 Å². The molecule has 118 valence electrons. The molecule has 2 rings (SSSR count). The standard InChI is InChI=1S/C19H32N2/c1-7-17-11-21(19(6,8-2)13-20-17)12-18-15(4)9-14(3)10-16(18)5/h9-10,17,20H,7-8,11-13H2,1-6H3. The molecule has 0 aromatic heterocycles. The number of nitrogens with zero attached hydrogens (tertiary/aromatic N) is 1. The van der Waals surface area contributed by atoms with Crippen LogP contribution >= 0.6 is 0 Å². The minimum atomic E-state index is 0.273. The third kappa shape index (κ3) is 3.49. The van der Waals surface area contributed by atoms with Crippen molar-refractivity contribution in [1.29, 1.82) is 0 Å². The molecule has 1 fully saturated rings. The largest absolute Gasteiger partial charge is 0.311 e. The summed E-state index contributed by atoms with van der Waals surface area (Å²) in [7, 11) is 0. The highest BCUT2D eigenvalue weighted by molar-refractivity contribution is 5.37. The maximum atomic E-state index is 3.72. The normalized spacial score (nSPS) is 27.0. The summed E-state index contributed by atoms with van der Waals surface area (Å²) in [5, 5.41) is 3.72. The number of benzene rings is 1. The Kier molecular flexibility index (Phi) is 5.11. The maximum absolute atomic E-state index is 3.72. The van der Waals surface area contributed by atoms with Gasteiger partial charge in [-0.3, -0.25) is 4.90 Å². The van der Waals surface area contributed by atoms with Crippen LogP contribution in [0.4, 0.5) is 0 Å². The molecule has 2 atom stereocenters. The second-order valence-electron chi connectivity index (χ2n) is 7.09. The van der Waals surface area contributed by atoms with E-state index in [9.17, 15) is 0 Å². The highest BCUT2D eigenvalue weighted by Gasteiger charge is 2.36. The molecule has 0 aliphatic carbocycles. The smallest absolute Gasteiger partial charge is 0.0307 e. The SMILES string of the molecule is CCC1CN(Cc2c(C)cc(C)cc2C)C(C)(CC)CN1. The highest BCUT2D eigenvalue weighted by atomic mass is 15.3. The van der Waals surface area contributed by atoms with E-state index in [0.717, 1.165) is 19.6 Å². The van der Waals surface area contributed by atoms with E-state index >= 15 is 0 Å². The van der Waals surface area contributed by atoms with E-state index in [-0.39, 0.29) is 5.54 Å². The van der Waals surface area contributed by atoms with Crippen molar-refractivity contribution in [2.24, 2.45) is 0 Å². The average Bonchev–Trinajstić information content (AvgIpc) is 2.44. The fraction of sp³-hybridized carbons (Fsp3) is 0.684. The topological polar surface area (TPSA) is 15.3 Å². The number of rotatable bonds is 4. The summed E-state index contributed by atoms with van der Waals surface area (Å²) in [6.07, 6.45) is 2.41. The van der Waals surface area contributed by atoms with Crippen LogP contribution < -0.4 is 5.32 Å². The predicted octanol–water partition coefficient (Wildman–Crippen LogP) is 3.96. The Hall–Kier alpha value is -0.860. The Balaban J connectivity index is 2.26. The van der Waals surface area contributed by atoms with Gasteiger partial charge in [-0.1, -0.05) is 31.5 Å². The lowest BCUT2D eigenvalue weighted by Gasteiger charge is -2.48. The summed E-state index contributed by atoms with van der Waals surface area (Å²) >= 11 is 0. The van der Waals surface area contributed by atoms with E-state index < -0.39 is 0 Å². The Bertz CT molecular complexity index is 471. The molecule has 2 heteroatoms. The van der Waals surface area contributed by atoms with E-state index in [4.69, 9.17) is 0 Å². The van der Waals surface area contributed by atoms with Gasteiger partial charge in [0.05, 0.1) is 0 Å². The molecule has 0 bridgehead atoms. The molecular weight excluding hydrogens is 256 g/mol. The molecule has 1 aliphatic heterocycles. The molecule has 1 aliphatic rings. The molecule has 1 aromatic carbocycles. The molecule has 2 nitrogen and oxygen atoms in total. The van der Waals surface area contributed by atoms with Gasteiger partial charge in [0.1, 0.15) is 0 Å². The number of piperazine rings is 1. The lowest BCUT2D eigenvalue weighted by Crippen LogP contribution is -2.62. The van der Waals surface area contributed by atoms with Crippen molar-refractivity contribution >= 4 is 0 Å². The summed E-state index contributed by atoms with van der Waals surface area (Å²) in [5.41, 5.74) is 6.06. The van der Waals surface area contributed by atoms with Crippen LogP contribution in [0.15, 0.2) is 12.1 Å². The Morgan fingerprint density at radius 2 is 1.81 bits per heavy atom. The van der Waals surface area contributed by atoms with E-state index in [1.54, 1.807) is 0 Å². The van der Waals surface area contributed by atoms with Crippen LogP contribution in [0.3, 0.4) is 0 Å². The summed E-state index contributed by atoms with van der Waals surface area (Å²) in [5.74, 6) is 0. The second-order valence-corrected chi connectivity index (χ2v) is 7.09. The van der Waals surface area contributed by atoms with Gasteiger partial charge in [-0.25, -0.2) is 0 Å². The van der Waals surface area contributed by atoms with Crippen LogP contribution in [0, 0.1) is 20.8 Å². The number of aryl methyl sites for hydroxylation is 3. The average molecular weight is 288 g/mol. The van der Waals surface area contributed by atoms with Crippen molar-refractivity contribution in [2.75, 3.05) is 13.1 Å². The first-order valence-corrected chi connectivity index (χ1v) is 8.44. The van der Waals surface area contributed by atoms with Gasteiger partial charge in [0.15, 0.2) is 0 Å². The van der Waals surface area contributed by atoms with Crippen LogP contribution in [-0.4, -0.2) is 29.6 Å². The van der Waals surface area contributed by atoms with Gasteiger partial charge in [0.25, 0.3) is 0 Å². The lowest BCUT2D eigenvalue weighted by molar-refractivity contribution is 0.0405. The van der Waals surface area contributed by atoms with Crippen molar-refractivity contribution < 1.29 is 0 Å². The zero-order chi connectivity index (χ0) is 15.6. The molecule has 1 heterocycles. The van der Waals surface area contributed by atoms with Gasteiger partial charge >= 0.3 is 0 Å². The molecule has 0 radical (unpaired) electrons.